The number of hydrogen-bond acceptors (Lipinski definition) is 4. The van der Waals surface area contributed by atoms with Crippen molar-refractivity contribution in [3.8, 4) is 5.75 Å². The molecule has 1 aromatic carbocycles. The summed E-state index contributed by atoms with van der Waals surface area (Å²) in [5.74, 6) is 0.863. The van der Waals surface area contributed by atoms with Gasteiger partial charge in [-0.2, -0.15) is 5.10 Å². The molecule has 0 saturated carbocycles. The molecule has 108 valence electrons. The molecule has 0 aliphatic rings. The van der Waals surface area contributed by atoms with Crippen molar-refractivity contribution in [1.29, 1.82) is 0 Å². The van der Waals surface area contributed by atoms with E-state index in [4.69, 9.17) is 9.47 Å². The van der Waals surface area contributed by atoms with Gasteiger partial charge in [0.1, 0.15) is 5.75 Å². The highest BCUT2D eigenvalue weighted by Gasteiger charge is 2.04. The summed E-state index contributed by atoms with van der Waals surface area (Å²) in [5.41, 5.74) is 3.44. The van der Waals surface area contributed by atoms with Gasteiger partial charge in [-0.1, -0.05) is 6.07 Å². The van der Waals surface area contributed by atoms with Crippen LogP contribution in [0.15, 0.2) is 30.5 Å². The molecule has 1 N–H and O–H groups in total. The van der Waals surface area contributed by atoms with Gasteiger partial charge in [0, 0.05) is 39.0 Å². The zero-order valence-corrected chi connectivity index (χ0v) is 12.2. The van der Waals surface area contributed by atoms with Crippen LogP contribution in [0.3, 0.4) is 0 Å². The lowest BCUT2D eigenvalue weighted by molar-refractivity contribution is 0.181. The Hall–Kier alpha value is -1.85. The average molecular weight is 275 g/mol. The van der Waals surface area contributed by atoms with Gasteiger partial charge in [0.25, 0.3) is 0 Å². The van der Waals surface area contributed by atoms with Gasteiger partial charge >= 0.3 is 0 Å². The van der Waals surface area contributed by atoms with Crippen molar-refractivity contribution in [2.45, 2.75) is 19.7 Å². The number of aryl methyl sites for hydroxylation is 1. The third-order valence-corrected chi connectivity index (χ3v) is 3.20. The van der Waals surface area contributed by atoms with Gasteiger partial charge in [0.15, 0.2) is 0 Å². The molecule has 0 saturated heterocycles. The van der Waals surface area contributed by atoms with Crippen LogP contribution in [0.25, 0.3) is 0 Å². The van der Waals surface area contributed by atoms with E-state index in [0.29, 0.717) is 6.61 Å². The Balaban J connectivity index is 1.95. The quantitative estimate of drug-likeness (QED) is 0.838. The van der Waals surface area contributed by atoms with Crippen LogP contribution < -0.4 is 10.1 Å². The van der Waals surface area contributed by atoms with Gasteiger partial charge in [0.05, 0.1) is 19.4 Å². The number of nitrogens with zero attached hydrogens (tertiary/aromatic N) is 2. The standard InChI is InChI=1S/C15H21N3O2/c1-18-14(6-7-17-18)10-16-9-12-4-5-15(20-3)13(8-12)11-19-2/h4-8,16H,9-11H2,1-3H3. The molecule has 0 unspecified atom stereocenters. The highest BCUT2D eigenvalue weighted by Crippen LogP contribution is 2.20. The minimum atomic E-state index is 0.554. The van der Waals surface area contributed by atoms with Crippen LogP contribution in [0.2, 0.25) is 0 Å². The number of methoxy groups -OCH3 is 2. The zero-order chi connectivity index (χ0) is 14.4. The van der Waals surface area contributed by atoms with E-state index in [9.17, 15) is 0 Å². The van der Waals surface area contributed by atoms with Gasteiger partial charge in [-0.15, -0.1) is 0 Å². The molecule has 0 fully saturated rings. The van der Waals surface area contributed by atoms with Crippen molar-refractivity contribution in [2.75, 3.05) is 14.2 Å². The van der Waals surface area contributed by atoms with E-state index in [1.54, 1.807) is 20.4 Å². The van der Waals surface area contributed by atoms with E-state index in [-0.39, 0.29) is 0 Å². The lowest BCUT2D eigenvalue weighted by Gasteiger charge is -2.11. The lowest BCUT2D eigenvalue weighted by atomic mass is 10.1. The minimum absolute atomic E-state index is 0.554. The molecule has 5 heteroatoms. The van der Waals surface area contributed by atoms with Gasteiger partial charge < -0.3 is 14.8 Å². The van der Waals surface area contributed by atoms with Crippen LogP contribution >= 0.6 is 0 Å². The topological polar surface area (TPSA) is 48.3 Å². The summed E-state index contributed by atoms with van der Waals surface area (Å²) in [5, 5.41) is 7.56. The molecule has 2 aromatic rings. The predicted octanol–water partition coefficient (Wildman–Crippen LogP) is 1.86. The molecule has 1 heterocycles. The molecule has 1 aromatic heterocycles. The summed E-state index contributed by atoms with van der Waals surface area (Å²) < 4.78 is 12.4. The Morgan fingerprint density at radius 3 is 2.70 bits per heavy atom. The fraction of sp³-hybridized carbons (Fsp3) is 0.400. The fourth-order valence-electron chi connectivity index (χ4n) is 2.12. The third-order valence-electron chi connectivity index (χ3n) is 3.20. The summed E-state index contributed by atoms with van der Waals surface area (Å²) in [7, 11) is 5.31. The largest absolute Gasteiger partial charge is 0.496 e. The van der Waals surface area contributed by atoms with E-state index >= 15 is 0 Å². The summed E-state index contributed by atoms with van der Waals surface area (Å²) in [4.78, 5) is 0. The van der Waals surface area contributed by atoms with Gasteiger partial charge in [-0.05, 0) is 23.8 Å². The monoisotopic (exact) mass is 275 g/mol. The number of ether oxygens (including phenoxy) is 2. The highest BCUT2D eigenvalue weighted by molar-refractivity contribution is 5.36. The maximum absolute atomic E-state index is 5.32. The molecule has 0 amide bonds. The number of benzene rings is 1. The van der Waals surface area contributed by atoms with Crippen molar-refractivity contribution in [3.63, 3.8) is 0 Å². The number of hydrogen-bond donors (Lipinski definition) is 1. The molecular formula is C15H21N3O2. The normalized spacial score (nSPS) is 10.8. The third kappa shape index (κ3) is 3.59. The molecule has 20 heavy (non-hydrogen) atoms. The second-order valence-electron chi connectivity index (χ2n) is 4.63. The van der Waals surface area contributed by atoms with E-state index < -0.39 is 0 Å². The van der Waals surface area contributed by atoms with Gasteiger partial charge in [-0.25, -0.2) is 0 Å². The molecule has 5 nitrogen and oxygen atoms in total. The number of nitrogens with one attached hydrogen (secondary N) is 1. The smallest absolute Gasteiger partial charge is 0.124 e. The van der Waals surface area contributed by atoms with E-state index in [0.717, 1.165) is 30.1 Å². The maximum Gasteiger partial charge on any atom is 0.124 e. The van der Waals surface area contributed by atoms with Crippen molar-refractivity contribution in [3.05, 3.63) is 47.3 Å². The molecule has 0 aliphatic carbocycles. The van der Waals surface area contributed by atoms with Crippen LogP contribution in [0.5, 0.6) is 5.75 Å². The van der Waals surface area contributed by atoms with Crippen LogP contribution in [-0.2, 0) is 31.5 Å². The zero-order valence-electron chi connectivity index (χ0n) is 12.2. The maximum atomic E-state index is 5.32. The number of aromatic nitrogens is 2. The van der Waals surface area contributed by atoms with E-state index in [2.05, 4.69) is 22.5 Å². The first kappa shape index (κ1) is 14.6. The first-order chi connectivity index (χ1) is 9.74. The fourth-order valence-corrected chi connectivity index (χ4v) is 2.12. The van der Waals surface area contributed by atoms with E-state index in [1.165, 1.54) is 5.56 Å². The second-order valence-corrected chi connectivity index (χ2v) is 4.63. The Morgan fingerprint density at radius 1 is 1.20 bits per heavy atom. The average Bonchev–Trinajstić information content (AvgIpc) is 2.85. The molecule has 0 aliphatic heterocycles. The van der Waals surface area contributed by atoms with Gasteiger partial charge in [0.2, 0.25) is 0 Å². The van der Waals surface area contributed by atoms with Crippen molar-refractivity contribution >= 4 is 0 Å². The first-order valence-electron chi connectivity index (χ1n) is 6.57. The number of rotatable bonds is 7. The Bertz CT molecular complexity index is 552. The summed E-state index contributed by atoms with van der Waals surface area (Å²) in [6.07, 6.45) is 1.81. The molecule has 0 spiro atoms. The van der Waals surface area contributed by atoms with Crippen molar-refractivity contribution in [1.82, 2.24) is 15.1 Å². The van der Waals surface area contributed by atoms with Crippen molar-refractivity contribution < 1.29 is 9.47 Å². The molecular weight excluding hydrogens is 254 g/mol. The first-order valence-corrected chi connectivity index (χ1v) is 6.57. The van der Waals surface area contributed by atoms with Crippen LogP contribution in [0.1, 0.15) is 16.8 Å². The minimum Gasteiger partial charge on any atom is -0.496 e. The SMILES string of the molecule is COCc1cc(CNCc2ccnn2C)ccc1OC. The summed E-state index contributed by atoms with van der Waals surface area (Å²) in [6.45, 7) is 2.15. The summed E-state index contributed by atoms with van der Waals surface area (Å²) >= 11 is 0. The Labute approximate surface area is 119 Å². The molecule has 0 atom stereocenters. The second kappa shape index (κ2) is 7.07. The van der Waals surface area contributed by atoms with Crippen LogP contribution in [0, 0.1) is 0 Å². The van der Waals surface area contributed by atoms with Crippen LogP contribution in [0.4, 0.5) is 0 Å². The van der Waals surface area contributed by atoms with Gasteiger partial charge in [-0.3, -0.25) is 4.68 Å². The molecule has 0 radical (unpaired) electrons. The summed E-state index contributed by atoms with van der Waals surface area (Å²) in [6, 6.07) is 8.17. The predicted molar refractivity (Wildman–Crippen MR) is 77.5 cm³/mol. The highest BCUT2D eigenvalue weighted by atomic mass is 16.5. The Kier molecular flexibility index (Phi) is 5.15. The van der Waals surface area contributed by atoms with Crippen molar-refractivity contribution in [2.24, 2.45) is 7.05 Å². The molecule has 2 rings (SSSR count). The van der Waals surface area contributed by atoms with Crippen LogP contribution in [-0.4, -0.2) is 24.0 Å². The Morgan fingerprint density at radius 2 is 2.05 bits per heavy atom. The lowest BCUT2D eigenvalue weighted by Crippen LogP contribution is -2.15. The van der Waals surface area contributed by atoms with E-state index in [1.807, 2.05) is 23.9 Å². The molecule has 0 bridgehead atoms.